The summed E-state index contributed by atoms with van der Waals surface area (Å²) >= 11 is 0. The molecule has 1 atom stereocenters. The molecule has 2 N–H and O–H groups in total. The predicted molar refractivity (Wildman–Crippen MR) is 108 cm³/mol. The van der Waals surface area contributed by atoms with Gasteiger partial charge in [-0.25, -0.2) is 18.2 Å². The minimum Gasteiger partial charge on any atom is -0.386 e. The van der Waals surface area contributed by atoms with Crippen molar-refractivity contribution in [2.24, 2.45) is 0 Å². The van der Waals surface area contributed by atoms with Gasteiger partial charge >= 0.3 is 0 Å². The Morgan fingerprint density at radius 1 is 1.17 bits per heavy atom. The van der Waals surface area contributed by atoms with E-state index in [1.807, 2.05) is 17.9 Å². The molecular weight excluding hydrogens is 395 g/mol. The van der Waals surface area contributed by atoms with Crippen LogP contribution in [0.25, 0.3) is 10.8 Å². The van der Waals surface area contributed by atoms with Crippen LogP contribution in [0.15, 0.2) is 30.5 Å². The fourth-order valence-electron chi connectivity index (χ4n) is 3.73. The molecule has 9 heteroatoms. The van der Waals surface area contributed by atoms with Gasteiger partial charge in [-0.3, -0.25) is 0 Å². The second kappa shape index (κ2) is 7.39. The number of pyridine rings is 1. The normalized spacial score (nSPS) is 16.6. The van der Waals surface area contributed by atoms with E-state index in [4.69, 9.17) is 0 Å². The molecule has 1 aliphatic heterocycles. The van der Waals surface area contributed by atoms with E-state index < -0.39 is 29.4 Å². The molecule has 0 aliphatic carbocycles. The van der Waals surface area contributed by atoms with Crippen molar-refractivity contribution in [3.05, 3.63) is 53.1 Å². The molecule has 3 aromatic rings. The Balaban J connectivity index is 1.69. The quantitative estimate of drug-likeness (QED) is 0.650. The molecule has 0 unspecified atom stereocenters. The molecule has 1 aromatic carbocycles. The van der Waals surface area contributed by atoms with Crippen molar-refractivity contribution in [2.45, 2.75) is 38.8 Å². The number of halogens is 3. The molecule has 0 amide bonds. The summed E-state index contributed by atoms with van der Waals surface area (Å²) in [5.41, 5.74) is -0.566. The van der Waals surface area contributed by atoms with Crippen LogP contribution in [-0.4, -0.2) is 39.0 Å². The number of benzene rings is 1. The maximum Gasteiger partial charge on any atom is 0.266 e. The molecule has 3 heterocycles. The Morgan fingerprint density at radius 2 is 1.87 bits per heavy atom. The van der Waals surface area contributed by atoms with E-state index in [0.29, 0.717) is 30.4 Å². The highest BCUT2D eigenvalue weighted by molar-refractivity contribution is 5.94. The molecule has 0 radical (unpaired) electrons. The zero-order chi connectivity index (χ0) is 21.6. The van der Waals surface area contributed by atoms with Crippen molar-refractivity contribution in [3.63, 3.8) is 0 Å². The van der Waals surface area contributed by atoms with Gasteiger partial charge in [0.1, 0.15) is 11.6 Å². The number of fused-ring (bicyclic) bond motifs is 1. The minimum absolute atomic E-state index is 0.122. The third-order valence-corrected chi connectivity index (χ3v) is 5.33. The number of alkyl halides is 2. The SMILES string of the molecule is Cc1nnc(N[C@H](C)c2cccc(C(F)F)c2F)c2cc(N3CC(C)(O)C3)ncc12. The number of aliphatic hydroxyl groups is 1. The average molecular weight is 417 g/mol. The number of β-amino-alcohol motifs (C(OH)–C–C–N with tert-alkyl or cyclic N) is 1. The highest BCUT2D eigenvalue weighted by Crippen LogP contribution is 2.33. The molecule has 2 aromatic heterocycles. The maximum absolute atomic E-state index is 14.6. The molecule has 1 aliphatic rings. The van der Waals surface area contributed by atoms with Crippen LogP contribution < -0.4 is 10.2 Å². The molecule has 0 spiro atoms. The number of rotatable bonds is 5. The van der Waals surface area contributed by atoms with Crippen LogP contribution in [0.2, 0.25) is 0 Å². The van der Waals surface area contributed by atoms with Gasteiger partial charge in [-0.2, -0.15) is 5.10 Å². The first-order chi connectivity index (χ1) is 14.2. The standard InChI is InChI=1S/C21H22F3N5O/c1-11(13-5-4-6-14(18(13)22)19(23)24)26-20-15-7-17(29-9-21(3,30)10-29)25-8-16(15)12(2)27-28-20/h4-8,11,19,30H,9-10H2,1-3H3,(H,26,28)/t11-/m1/s1. The average Bonchev–Trinajstić information content (AvgIpc) is 2.67. The van der Waals surface area contributed by atoms with Gasteiger partial charge in [-0.15, -0.1) is 5.10 Å². The lowest BCUT2D eigenvalue weighted by Crippen LogP contribution is -2.60. The number of nitrogens with zero attached hydrogens (tertiary/aromatic N) is 4. The first-order valence-electron chi connectivity index (χ1n) is 9.59. The van der Waals surface area contributed by atoms with Crippen molar-refractivity contribution < 1.29 is 18.3 Å². The smallest absolute Gasteiger partial charge is 0.266 e. The highest BCUT2D eigenvalue weighted by atomic mass is 19.3. The van der Waals surface area contributed by atoms with Crippen molar-refractivity contribution in [3.8, 4) is 0 Å². The molecular formula is C21H22F3N5O. The predicted octanol–water partition coefficient (Wildman–Crippen LogP) is 4.15. The van der Waals surface area contributed by atoms with E-state index in [1.165, 1.54) is 12.1 Å². The van der Waals surface area contributed by atoms with Gasteiger partial charge in [-0.05, 0) is 26.8 Å². The summed E-state index contributed by atoms with van der Waals surface area (Å²) in [6.45, 7) is 6.18. The van der Waals surface area contributed by atoms with Gasteiger partial charge in [-0.1, -0.05) is 18.2 Å². The lowest BCUT2D eigenvalue weighted by molar-refractivity contribution is 0.0305. The Bertz CT molecular complexity index is 1100. The summed E-state index contributed by atoms with van der Waals surface area (Å²) < 4.78 is 40.7. The first-order valence-corrected chi connectivity index (χ1v) is 9.59. The van der Waals surface area contributed by atoms with Crippen LogP contribution in [0, 0.1) is 12.7 Å². The summed E-state index contributed by atoms with van der Waals surface area (Å²) in [7, 11) is 0. The van der Waals surface area contributed by atoms with Gasteiger partial charge in [0.15, 0.2) is 5.82 Å². The second-order valence-corrected chi connectivity index (χ2v) is 7.99. The second-order valence-electron chi connectivity index (χ2n) is 7.99. The van der Waals surface area contributed by atoms with Crippen LogP contribution in [0.4, 0.5) is 24.8 Å². The van der Waals surface area contributed by atoms with Gasteiger partial charge in [0.2, 0.25) is 0 Å². The third-order valence-electron chi connectivity index (χ3n) is 5.33. The largest absolute Gasteiger partial charge is 0.386 e. The van der Waals surface area contributed by atoms with E-state index >= 15 is 0 Å². The number of anilines is 2. The Kier molecular flexibility index (Phi) is 5.01. The number of hydrogen-bond acceptors (Lipinski definition) is 6. The minimum atomic E-state index is -2.89. The lowest BCUT2D eigenvalue weighted by atomic mass is 9.97. The van der Waals surface area contributed by atoms with Crippen molar-refractivity contribution in [1.82, 2.24) is 15.2 Å². The topological polar surface area (TPSA) is 74.2 Å². The van der Waals surface area contributed by atoms with Crippen LogP contribution in [0.5, 0.6) is 0 Å². The van der Waals surface area contributed by atoms with E-state index in [9.17, 15) is 18.3 Å². The zero-order valence-corrected chi connectivity index (χ0v) is 16.8. The van der Waals surface area contributed by atoms with Crippen LogP contribution in [0.1, 0.15) is 43.1 Å². The molecule has 1 fully saturated rings. The van der Waals surface area contributed by atoms with E-state index in [0.717, 1.165) is 16.8 Å². The fourth-order valence-corrected chi connectivity index (χ4v) is 3.73. The number of hydrogen-bond donors (Lipinski definition) is 2. The van der Waals surface area contributed by atoms with E-state index in [2.05, 4.69) is 20.5 Å². The van der Waals surface area contributed by atoms with Gasteiger partial charge < -0.3 is 15.3 Å². The number of aromatic nitrogens is 3. The Labute approximate surface area is 171 Å². The lowest BCUT2D eigenvalue weighted by Gasteiger charge is -2.45. The third kappa shape index (κ3) is 3.65. The van der Waals surface area contributed by atoms with Crippen LogP contribution in [-0.2, 0) is 0 Å². The molecule has 0 bridgehead atoms. The number of nitrogens with one attached hydrogen (secondary N) is 1. The van der Waals surface area contributed by atoms with E-state index in [-0.39, 0.29) is 5.56 Å². The monoisotopic (exact) mass is 417 g/mol. The van der Waals surface area contributed by atoms with Crippen molar-refractivity contribution >= 4 is 22.4 Å². The summed E-state index contributed by atoms with van der Waals surface area (Å²) in [6.07, 6.45) is -1.20. The molecule has 4 rings (SSSR count). The first kappa shape index (κ1) is 20.3. The molecule has 1 saturated heterocycles. The van der Waals surface area contributed by atoms with Crippen LogP contribution in [0.3, 0.4) is 0 Å². The summed E-state index contributed by atoms with van der Waals surface area (Å²) in [5, 5.41) is 22.9. The van der Waals surface area contributed by atoms with Gasteiger partial charge in [0.05, 0.1) is 22.9 Å². The van der Waals surface area contributed by atoms with E-state index in [1.54, 1.807) is 20.0 Å². The van der Waals surface area contributed by atoms with Gasteiger partial charge in [0.25, 0.3) is 6.43 Å². The molecule has 6 nitrogen and oxygen atoms in total. The van der Waals surface area contributed by atoms with Crippen molar-refractivity contribution in [2.75, 3.05) is 23.3 Å². The molecule has 0 saturated carbocycles. The van der Waals surface area contributed by atoms with Crippen LogP contribution >= 0.6 is 0 Å². The highest BCUT2D eigenvalue weighted by Gasteiger charge is 2.37. The maximum atomic E-state index is 14.6. The number of aryl methyl sites for hydroxylation is 1. The molecule has 158 valence electrons. The van der Waals surface area contributed by atoms with Crippen molar-refractivity contribution in [1.29, 1.82) is 0 Å². The Morgan fingerprint density at radius 3 is 2.53 bits per heavy atom. The molecule has 30 heavy (non-hydrogen) atoms. The Hall–Kier alpha value is -2.94. The summed E-state index contributed by atoms with van der Waals surface area (Å²) in [6, 6.07) is 5.18. The summed E-state index contributed by atoms with van der Waals surface area (Å²) in [5.74, 6) is 0.158. The summed E-state index contributed by atoms with van der Waals surface area (Å²) in [4.78, 5) is 6.39. The van der Waals surface area contributed by atoms with Gasteiger partial charge in [0, 0.05) is 35.6 Å². The fraction of sp³-hybridized carbons (Fsp3) is 0.381. The zero-order valence-electron chi connectivity index (χ0n) is 16.8.